The average Bonchev–Trinajstić information content (AvgIpc) is 2.76. The highest BCUT2D eigenvalue weighted by molar-refractivity contribution is 5.84. The van der Waals surface area contributed by atoms with Gasteiger partial charge in [0.05, 0.1) is 6.61 Å². The standard InChI is InChI=1S/C11H21N3O3/c1-2-17-7-6-10(15)13-9-5-3-4-8(9)11(12)14-16/h8-9,16H,2-7H2,1H3,(H2,12,14)(H,13,15). The quantitative estimate of drug-likeness (QED) is 0.207. The highest BCUT2D eigenvalue weighted by atomic mass is 16.5. The number of oxime groups is 1. The van der Waals surface area contributed by atoms with E-state index in [9.17, 15) is 4.79 Å². The molecule has 98 valence electrons. The number of amides is 1. The molecule has 1 aliphatic carbocycles. The summed E-state index contributed by atoms with van der Waals surface area (Å²) >= 11 is 0. The first kappa shape index (κ1) is 13.8. The SMILES string of the molecule is CCOCCC(=O)NC1CCCC1C(N)=NO. The summed E-state index contributed by atoms with van der Waals surface area (Å²) in [5.41, 5.74) is 5.59. The molecule has 17 heavy (non-hydrogen) atoms. The molecule has 0 aliphatic heterocycles. The van der Waals surface area contributed by atoms with Gasteiger partial charge in [-0.15, -0.1) is 0 Å². The molecule has 1 fully saturated rings. The molecule has 2 unspecified atom stereocenters. The third-order valence-corrected chi connectivity index (χ3v) is 3.04. The molecule has 1 aliphatic rings. The molecule has 1 saturated carbocycles. The Kier molecular flexibility index (Phi) is 5.76. The lowest BCUT2D eigenvalue weighted by Gasteiger charge is -2.19. The minimum absolute atomic E-state index is 0.0139. The van der Waals surface area contributed by atoms with E-state index in [1.807, 2.05) is 6.92 Å². The number of hydrogen-bond donors (Lipinski definition) is 3. The second-order valence-electron chi connectivity index (χ2n) is 4.18. The van der Waals surface area contributed by atoms with Crippen molar-refractivity contribution in [3.63, 3.8) is 0 Å². The van der Waals surface area contributed by atoms with E-state index in [1.54, 1.807) is 0 Å². The van der Waals surface area contributed by atoms with Crippen molar-refractivity contribution in [1.29, 1.82) is 0 Å². The molecule has 0 aromatic heterocycles. The van der Waals surface area contributed by atoms with Gasteiger partial charge >= 0.3 is 0 Å². The number of hydrogen-bond acceptors (Lipinski definition) is 4. The second-order valence-corrected chi connectivity index (χ2v) is 4.18. The first-order chi connectivity index (χ1) is 8.19. The van der Waals surface area contributed by atoms with Crippen molar-refractivity contribution >= 4 is 11.7 Å². The van der Waals surface area contributed by atoms with Crippen LogP contribution in [0.5, 0.6) is 0 Å². The lowest BCUT2D eigenvalue weighted by molar-refractivity contribution is -0.122. The smallest absolute Gasteiger partial charge is 0.222 e. The van der Waals surface area contributed by atoms with Gasteiger partial charge in [-0.05, 0) is 19.8 Å². The second kappa shape index (κ2) is 7.11. The lowest BCUT2D eigenvalue weighted by Crippen LogP contribution is -2.42. The Labute approximate surface area is 101 Å². The third-order valence-electron chi connectivity index (χ3n) is 3.04. The van der Waals surface area contributed by atoms with Gasteiger partial charge in [0.2, 0.25) is 5.91 Å². The van der Waals surface area contributed by atoms with Gasteiger partial charge in [0, 0.05) is 25.0 Å². The third kappa shape index (κ3) is 4.22. The topological polar surface area (TPSA) is 96.9 Å². The molecule has 0 heterocycles. The van der Waals surface area contributed by atoms with E-state index in [1.165, 1.54) is 0 Å². The van der Waals surface area contributed by atoms with E-state index >= 15 is 0 Å². The summed E-state index contributed by atoms with van der Waals surface area (Å²) in [4.78, 5) is 11.6. The molecule has 0 saturated heterocycles. The van der Waals surface area contributed by atoms with E-state index in [0.717, 1.165) is 19.3 Å². The van der Waals surface area contributed by atoms with Crippen molar-refractivity contribution in [2.45, 2.75) is 38.6 Å². The van der Waals surface area contributed by atoms with Crippen molar-refractivity contribution in [3.05, 3.63) is 0 Å². The van der Waals surface area contributed by atoms with Crippen LogP contribution in [-0.2, 0) is 9.53 Å². The zero-order valence-electron chi connectivity index (χ0n) is 10.2. The maximum atomic E-state index is 11.6. The number of nitrogens with two attached hydrogens (primary N) is 1. The van der Waals surface area contributed by atoms with Gasteiger partial charge in [-0.1, -0.05) is 11.6 Å². The normalized spacial score (nSPS) is 24.9. The number of carbonyl (C=O) groups excluding carboxylic acids is 1. The van der Waals surface area contributed by atoms with Crippen LogP contribution < -0.4 is 11.1 Å². The highest BCUT2D eigenvalue weighted by Gasteiger charge is 2.31. The minimum atomic E-state index is -0.0453. The molecule has 0 aromatic rings. The van der Waals surface area contributed by atoms with Gasteiger partial charge in [-0.25, -0.2) is 0 Å². The van der Waals surface area contributed by atoms with Crippen molar-refractivity contribution in [2.75, 3.05) is 13.2 Å². The Balaban J connectivity index is 2.37. The van der Waals surface area contributed by atoms with E-state index in [4.69, 9.17) is 15.7 Å². The van der Waals surface area contributed by atoms with Crippen LogP contribution in [-0.4, -0.2) is 36.2 Å². The van der Waals surface area contributed by atoms with Crippen LogP contribution in [0.4, 0.5) is 0 Å². The van der Waals surface area contributed by atoms with Crippen LogP contribution in [0.2, 0.25) is 0 Å². The Morgan fingerprint density at radius 2 is 2.35 bits per heavy atom. The van der Waals surface area contributed by atoms with Gasteiger partial charge < -0.3 is 21.0 Å². The zero-order chi connectivity index (χ0) is 12.7. The number of nitrogens with zero attached hydrogens (tertiary/aromatic N) is 1. The van der Waals surface area contributed by atoms with Crippen molar-refractivity contribution < 1.29 is 14.7 Å². The summed E-state index contributed by atoms with van der Waals surface area (Å²) in [6, 6.07) is -0.0139. The van der Waals surface area contributed by atoms with Crippen molar-refractivity contribution in [3.8, 4) is 0 Å². The lowest BCUT2D eigenvalue weighted by atomic mass is 10.0. The minimum Gasteiger partial charge on any atom is -0.409 e. The highest BCUT2D eigenvalue weighted by Crippen LogP contribution is 2.25. The number of rotatable bonds is 6. The maximum absolute atomic E-state index is 11.6. The maximum Gasteiger partial charge on any atom is 0.222 e. The summed E-state index contributed by atoms with van der Waals surface area (Å²) in [6.45, 7) is 2.94. The molecule has 4 N–H and O–H groups in total. The fourth-order valence-electron chi connectivity index (χ4n) is 2.15. The predicted molar refractivity (Wildman–Crippen MR) is 63.8 cm³/mol. The molecule has 0 radical (unpaired) electrons. The van der Waals surface area contributed by atoms with Gasteiger partial charge in [0.1, 0.15) is 5.84 Å². The van der Waals surface area contributed by atoms with Crippen LogP contribution in [0.25, 0.3) is 0 Å². The summed E-state index contributed by atoms with van der Waals surface area (Å²) < 4.78 is 5.11. The van der Waals surface area contributed by atoms with E-state index in [2.05, 4.69) is 10.5 Å². The average molecular weight is 243 g/mol. The fraction of sp³-hybridized carbons (Fsp3) is 0.818. The largest absolute Gasteiger partial charge is 0.409 e. The Morgan fingerprint density at radius 3 is 3.00 bits per heavy atom. The predicted octanol–water partition coefficient (Wildman–Crippen LogP) is 0.444. The molecular formula is C11H21N3O3. The molecule has 0 spiro atoms. The number of carbonyl (C=O) groups is 1. The molecule has 2 atom stereocenters. The molecule has 6 nitrogen and oxygen atoms in total. The molecule has 0 bridgehead atoms. The summed E-state index contributed by atoms with van der Waals surface area (Å²) in [5, 5.41) is 14.6. The first-order valence-corrected chi connectivity index (χ1v) is 6.03. The molecule has 6 heteroatoms. The van der Waals surface area contributed by atoms with Gasteiger partial charge in [0.15, 0.2) is 0 Å². The van der Waals surface area contributed by atoms with Crippen LogP contribution >= 0.6 is 0 Å². The Morgan fingerprint density at radius 1 is 1.59 bits per heavy atom. The van der Waals surface area contributed by atoms with E-state index in [0.29, 0.717) is 19.6 Å². The summed E-state index contributed by atoms with van der Waals surface area (Å²) in [5.74, 6) is 0.120. The number of nitrogens with one attached hydrogen (secondary N) is 1. The van der Waals surface area contributed by atoms with Crippen LogP contribution in [0, 0.1) is 5.92 Å². The van der Waals surface area contributed by atoms with Crippen LogP contribution in [0.1, 0.15) is 32.6 Å². The summed E-state index contributed by atoms with van der Waals surface area (Å²) in [6.07, 6.45) is 3.07. The molecular weight excluding hydrogens is 222 g/mol. The van der Waals surface area contributed by atoms with Gasteiger partial charge in [0.25, 0.3) is 0 Å². The molecule has 0 aromatic carbocycles. The van der Waals surface area contributed by atoms with Gasteiger partial charge in [-0.2, -0.15) is 0 Å². The summed E-state index contributed by atoms with van der Waals surface area (Å²) in [7, 11) is 0. The Hall–Kier alpha value is -1.30. The van der Waals surface area contributed by atoms with Crippen LogP contribution in [0.15, 0.2) is 5.16 Å². The first-order valence-electron chi connectivity index (χ1n) is 6.03. The molecule has 1 amide bonds. The molecule has 1 rings (SSSR count). The number of amidine groups is 1. The fourth-order valence-corrected chi connectivity index (χ4v) is 2.15. The monoisotopic (exact) mass is 243 g/mol. The van der Waals surface area contributed by atoms with E-state index in [-0.39, 0.29) is 23.7 Å². The van der Waals surface area contributed by atoms with Crippen LogP contribution in [0.3, 0.4) is 0 Å². The Bertz CT molecular complexity index is 281. The number of ether oxygens (including phenoxy) is 1. The van der Waals surface area contributed by atoms with Crippen molar-refractivity contribution in [1.82, 2.24) is 5.32 Å². The van der Waals surface area contributed by atoms with E-state index < -0.39 is 0 Å². The van der Waals surface area contributed by atoms with Gasteiger partial charge in [-0.3, -0.25) is 4.79 Å². The van der Waals surface area contributed by atoms with Crippen molar-refractivity contribution in [2.24, 2.45) is 16.8 Å². The zero-order valence-corrected chi connectivity index (χ0v) is 10.2.